The quantitative estimate of drug-likeness (QED) is 0.172. The highest BCUT2D eigenvalue weighted by Crippen LogP contribution is 2.32. The van der Waals surface area contributed by atoms with Crippen molar-refractivity contribution in [1.82, 2.24) is 4.98 Å². The van der Waals surface area contributed by atoms with Crippen molar-refractivity contribution in [3.05, 3.63) is 36.7 Å². The summed E-state index contributed by atoms with van der Waals surface area (Å²) in [6.45, 7) is 0.846. The molecule has 194 valence electrons. The Morgan fingerprint density at radius 3 is 2.22 bits per heavy atom. The fraction of sp³-hybridized carbons (Fsp3) is 0.417. The van der Waals surface area contributed by atoms with Crippen LogP contribution in [0.1, 0.15) is 51.4 Å². The topological polar surface area (TPSA) is 171 Å². The molecule has 36 heavy (non-hydrogen) atoms. The Morgan fingerprint density at radius 2 is 1.61 bits per heavy atom. The molecule has 12 heteroatoms. The molecule has 11 nitrogen and oxygen atoms in total. The van der Waals surface area contributed by atoms with Gasteiger partial charge in [-0.25, -0.2) is 18.0 Å². The molecule has 3 rings (SSSR count). The summed E-state index contributed by atoms with van der Waals surface area (Å²) in [5.74, 6) is -1.56. The number of carbonyl (C=O) groups is 2. The van der Waals surface area contributed by atoms with E-state index in [1.807, 2.05) is 17.0 Å². The average Bonchev–Trinajstić information content (AvgIpc) is 3.23. The standard InChI is InChI=1S/C24H28N2O9S/c27-22(28)7-3-1-5-11-26-12-9-17(10-13-26)24-25-18-15-21(36(31,32)33)20(16-19(18)35-24)34-14-6-2-4-8-23(29)30/h9-10,12-13,15-16H,1-8,11,14H2,(H2-,27,28,29,30,31,32,33). The molecule has 3 aromatic rings. The van der Waals surface area contributed by atoms with E-state index in [0.717, 1.165) is 25.5 Å². The number of carboxylic acid groups (broad SMARTS) is 2. The molecule has 0 saturated carbocycles. The number of hydrogen-bond acceptors (Lipinski definition) is 8. The zero-order valence-corrected chi connectivity index (χ0v) is 20.4. The third-order valence-electron chi connectivity index (χ3n) is 5.46. The number of oxazole rings is 1. The van der Waals surface area contributed by atoms with Gasteiger partial charge in [-0.1, -0.05) is 0 Å². The van der Waals surface area contributed by atoms with Crippen molar-refractivity contribution in [3.8, 4) is 17.2 Å². The number of fused-ring (bicyclic) bond motifs is 1. The van der Waals surface area contributed by atoms with Crippen LogP contribution in [0.15, 0.2) is 46.0 Å². The van der Waals surface area contributed by atoms with Crippen LogP contribution < -0.4 is 9.30 Å². The summed E-state index contributed by atoms with van der Waals surface area (Å²) in [4.78, 5) is 24.9. The minimum absolute atomic E-state index is 0.0409. The molecule has 0 atom stereocenters. The van der Waals surface area contributed by atoms with Crippen molar-refractivity contribution in [2.45, 2.75) is 62.8 Å². The Labute approximate surface area is 208 Å². The van der Waals surface area contributed by atoms with Crippen LogP contribution in [0.2, 0.25) is 0 Å². The van der Waals surface area contributed by atoms with E-state index >= 15 is 0 Å². The number of hydrogen-bond donors (Lipinski definition) is 2. The summed E-state index contributed by atoms with van der Waals surface area (Å²) in [5, 5.41) is 17.4. The van der Waals surface area contributed by atoms with E-state index in [9.17, 15) is 22.6 Å². The molecule has 0 amide bonds. The lowest BCUT2D eigenvalue weighted by molar-refractivity contribution is -0.697. The zero-order chi connectivity index (χ0) is 26.1. The van der Waals surface area contributed by atoms with Gasteiger partial charge >= 0.3 is 11.9 Å². The molecule has 0 bridgehead atoms. The van der Waals surface area contributed by atoms with E-state index in [4.69, 9.17) is 19.4 Å². The maximum atomic E-state index is 11.8. The number of unbranched alkanes of at least 4 members (excludes halogenated alkanes) is 4. The van der Waals surface area contributed by atoms with Gasteiger partial charge in [-0.3, -0.25) is 9.59 Å². The summed E-state index contributed by atoms with van der Waals surface area (Å²) >= 11 is 0. The number of pyridine rings is 1. The molecule has 1 aromatic carbocycles. The molecule has 0 saturated heterocycles. The van der Waals surface area contributed by atoms with Crippen LogP contribution in [0, 0.1) is 0 Å². The minimum Gasteiger partial charge on any atom is -0.744 e. The molecule has 0 aliphatic heterocycles. The van der Waals surface area contributed by atoms with Crippen molar-refractivity contribution in [1.29, 1.82) is 0 Å². The summed E-state index contributed by atoms with van der Waals surface area (Å²) in [7, 11) is -4.83. The van der Waals surface area contributed by atoms with Gasteiger partial charge in [0.15, 0.2) is 18.0 Å². The summed E-state index contributed by atoms with van der Waals surface area (Å²) in [5.41, 5.74) is 1.11. The highest BCUT2D eigenvalue weighted by molar-refractivity contribution is 7.85. The molecule has 0 aliphatic carbocycles. The van der Waals surface area contributed by atoms with Crippen LogP contribution in [0.3, 0.4) is 0 Å². The molecule has 0 unspecified atom stereocenters. The lowest BCUT2D eigenvalue weighted by Crippen LogP contribution is -2.32. The number of ether oxygens (including phenoxy) is 1. The molecule has 0 spiro atoms. The van der Waals surface area contributed by atoms with E-state index in [-0.39, 0.29) is 42.2 Å². The summed E-state index contributed by atoms with van der Waals surface area (Å²) in [6.07, 6.45) is 7.72. The number of aromatic nitrogens is 2. The first-order chi connectivity index (χ1) is 17.1. The van der Waals surface area contributed by atoms with Crippen molar-refractivity contribution >= 4 is 33.2 Å². The summed E-state index contributed by atoms with van der Waals surface area (Å²) < 4.78 is 48.6. The van der Waals surface area contributed by atoms with E-state index in [0.29, 0.717) is 31.2 Å². The van der Waals surface area contributed by atoms with Gasteiger partial charge in [0.2, 0.25) is 5.89 Å². The molecule has 0 aliphatic rings. The van der Waals surface area contributed by atoms with Crippen LogP contribution in [0.4, 0.5) is 0 Å². The minimum atomic E-state index is -4.83. The smallest absolute Gasteiger partial charge is 0.303 e. The first kappa shape index (κ1) is 27.1. The lowest BCUT2D eigenvalue weighted by Gasteiger charge is -2.13. The molecular formula is C24H28N2O9S. The van der Waals surface area contributed by atoms with Crippen LogP contribution in [-0.4, -0.2) is 46.7 Å². The van der Waals surface area contributed by atoms with Crippen molar-refractivity contribution in [3.63, 3.8) is 0 Å². The number of nitrogens with zero attached hydrogens (tertiary/aromatic N) is 2. The molecule has 0 radical (unpaired) electrons. The average molecular weight is 521 g/mol. The summed E-state index contributed by atoms with van der Waals surface area (Å²) in [6, 6.07) is 6.04. The van der Waals surface area contributed by atoms with Crippen LogP contribution in [0.5, 0.6) is 5.75 Å². The highest BCUT2D eigenvalue weighted by atomic mass is 32.2. The van der Waals surface area contributed by atoms with E-state index < -0.39 is 27.0 Å². The Bertz CT molecular complexity index is 1300. The van der Waals surface area contributed by atoms with E-state index in [2.05, 4.69) is 4.98 Å². The third-order valence-corrected chi connectivity index (χ3v) is 6.32. The number of benzene rings is 1. The molecular weight excluding hydrogens is 492 g/mol. The largest absolute Gasteiger partial charge is 0.744 e. The second kappa shape index (κ2) is 12.5. The fourth-order valence-corrected chi connectivity index (χ4v) is 4.22. The number of carboxylic acids is 2. The van der Waals surface area contributed by atoms with Crippen LogP contribution >= 0.6 is 0 Å². The van der Waals surface area contributed by atoms with Gasteiger partial charge < -0.3 is 23.9 Å². The molecule has 2 aromatic heterocycles. The number of aliphatic carboxylic acids is 2. The predicted molar refractivity (Wildman–Crippen MR) is 125 cm³/mol. The van der Waals surface area contributed by atoms with Gasteiger partial charge in [-0.15, -0.1) is 0 Å². The number of aryl methyl sites for hydroxylation is 1. The molecule has 2 heterocycles. The van der Waals surface area contributed by atoms with Crippen molar-refractivity contribution in [2.75, 3.05) is 6.61 Å². The van der Waals surface area contributed by atoms with E-state index in [1.165, 1.54) is 6.07 Å². The van der Waals surface area contributed by atoms with Gasteiger partial charge in [0.25, 0.3) is 0 Å². The Balaban J connectivity index is 1.69. The van der Waals surface area contributed by atoms with Gasteiger partial charge in [0, 0.05) is 43.0 Å². The Hall–Kier alpha value is -3.51. The second-order valence-electron chi connectivity index (χ2n) is 8.32. The first-order valence-corrected chi connectivity index (χ1v) is 13.0. The third kappa shape index (κ3) is 8.02. The fourth-order valence-electron chi connectivity index (χ4n) is 3.60. The highest BCUT2D eigenvalue weighted by Gasteiger charge is 2.17. The van der Waals surface area contributed by atoms with Gasteiger partial charge in [0.05, 0.1) is 11.5 Å². The van der Waals surface area contributed by atoms with Crippen molar-refractivity contribution < 1.29 is 46.5 Å². The van der Waals surface area contributed by atoms with Gasteiger partial charge in [-0.2, -0.15) is 0 Å². The SMILES string of the molecule is O=C(O)CCCCCOc1cc2oc(-c3cc[n+](CCCCCC(=O)O)cc3)nc2cc1S(=O)(=O)[O-]. The maximum Gasteiger partial charge on any atom is 0.303 e. The predicted octanol–water partition coefficient (Wildman–Crippen LogP) is 3.36. The maximum absolute atomic E-state index is 11.8. The second-order valence-corrected chi connectivity index (χ2v) is 9.67. The zero-order valence-electron chi connectivity index (χ0n) is 19.6. The number of rotatable bonds is 15. The normalized spacial score (nSPS) is 11.6. The monoisotopic (exact) mass is 520 g/mol. The van der Waals surface area contributed by atoms with Crippen LogP contribution in [0.25, 0.3) is 22.6 Å². The van der Waals surface area contributed by atoms with Gasteiger partial charge in [-0.05, 0) is 38.2 Å². The van der Waals surface area contributed by atoms with E-state index in [1.54, 1.807) is 12.1 Å². The first-order valence-electron chi connectivity index (χ1n) is 11.6. The van der Waals surface area contributed by atoms with Crippen LogP contribution in [-0.2, 0) is 26.3 Å². The molecule has 0 fully saturated rings. The Kier molecular flexibility index (Phi) is 9.37. The Morgan fingerprint density at radius 1 is 0.972 bits per heavy atom. The lowest BCUT2D eigenvalue weighted by atomic mass is 10.2. The van der Waals surface area contributed by atoms with Gasteiger partial charge in [0.1, 0.15) is 27.9 Å². The molecule has 2 N–H and O–H groups in total. The van der Waals surface area contributed by atoms with Crippen molar-refractivity contribution in [2.24, 2.45) is 0 Å².